The molecule has 128 valence electrons. The number of benzene rings is 1. The van der Waals surface area contributed by atoms with E-state index in [0.29, 0.717) is 17.8 Å². The smallest absolute Gasteiger partial charge is 0.343 e. The minimum atomic E-state index is -3.98. The number of fused-ring (bicyclic) bond motifs is 1. The summed E-state index contributed by atoms with van der Waals surface area (Å²) >= 11 is 0. The van der Waals surface area contributed by atoms with Crippen molar-refractivity contribution in [2.24, 2.45) is 0 Å². The summed E-state index contributed by atoms with van der Waals surface area (Å²) in [5, 5.41) is 6.19. The Bertz CT molecular complexity index is 888. The summed E-state index contributed by atoms with van der Waals surface area (Å²) in [6.07, 6.45) is 0.619. The Labute approximate surface area is 140 Å². The molecule has 0 aliphatic carbocycles. The highest BCUT2D eigenvalue weighted by molar-refractivity contribution is 7.92. The van der Waals surface area contributed by atoms with Gasteiger partial charge in [-0.3, -0.25) is 9.40 Å². The number of hydrogen-bond acceptors (Lipinski definition) is 5. The van der Waals surface area contributed by atoms with Crippen molar-refractivity contribution in [1.29, 1.82) is 0 Å². The van der Waals surface area contributed by atoms with Crippen molar-refractivity contribution in [3.8, 4) is 0 Å². The van der Waals surface area contributed by atoms with E-state index >= 15 is 0 Å². The number of rotatable bonds is 4. The second-order valence-corrected chi connectivity index (χ2v) is 7.46. The molecule has 1 aliphatic heterocycles. The van der Waals surface area contributed by atoms with Gasteiger partial charge in [-0.2, -0.15) is 13.5 Å². The highest BCUT2D eigenvalue weighted by Gasteiger charge is 2.40. The molecule has 1 unspecified atom stereocenters. The summed E-state index contributed by atoms with van der Waals surface area (Å²) in [7, 11) is -3.98. The molecule has 24 heavy (non-hydrogen) atoms. The molecule has 1 aliphatic rings. The number of nitrogens with zero attached hydrogens (tertiary/aromatic N) is 2. The number of sulfonamides is 1. The van der Waals surface area contributed by atoms with E-state index in [0.717, 1.165) is 5.56 Å². The van der Waals surface area contributed by atoms with Gasteiger partial charge in [0, 0.05) is 11.7 Å². The first-order valence-electron chi connectivity index (χ1n) is 7.72. The molecule has 0 radical (unpaired) electrons. The summed E-state index contributed by atoms with van der Waals surface area (Å²) in [5.74, 6) is -0.692. The van der Waals surface area contributed by atoms with Crippen molar-refractivity contribution in [2.45, 2.75) is 38.3 Å². The molecule has 1 aromatic carbocycles. The molecule has 2 aromatic rings. The number of ether oxygens (including phenoxy) is 1. The SMILES string of the molecule is CCOC(=O)c1c(S(=O)(=O)N2c3ccccc3CC2C)n[nH]c1C. The Morgan fingerprint density at radius 3 is 2.83 bits per heavy atom. The molecule has 2 heterocycles. The zero-order valence-electron chi connectivity index (χ0n) is 13.7. The van der Waals surface area contributed by atoms with E-state index in [1.54, 1.807) is 26.0 Å². The molecule has 0 saturated carbocycles. The Morgan fingerprint density at radius 2 is 2.12 bits per heavy atom. The van der Waals surface area contributed by atoms with Crippen molar-refractivity contribution >= 4 is 21.7 Å². The highest BCUT2D eigenvalue weighted by Crippen LogP contribution is 2.37. The molecular weight excluding hydrogens is 330 g/mol. The van der Waals surface area contributed by atoms with Crippen LogP contribution in [0, 0.1) is 6.92 Å². The predicted molar refractivity (Wildman–Crippen MR) is 88.6 cm³/mol. The van der Waals surface area contributed by atoms with E-state index in [1.807, 2.05) is 19.1 Å². The van der Waals surface area contributed by atoms with Gasteiger partial charge in [0.25, 0.3) is 10.0 Å². The topological polar surface area (TPSA) is 92.4 Å². The Hall–Kier alpha value is -2.35. The van der Waals surface area contributed by atoms with E-state index in [2.05, 4.69) is 10.2 Å². The van der Waals surface area contributed by atoms with Crippen molar-refractivity contribution in [3.63, 3.8) is 0 Å². The third-order valence-electron chi connectivity index (χ3n) is 4.04. The summed E-state index contributed by atoms with van der Waals surface area (Å²) in [5.41, 5.74) is 1.92. The predicted octanol–water partition coefficient (Wildman–Crippen LogP) is 2.03. The van der Waals surface area contributed by atoms with Crippen LogP contribution in [0.5, 0.6) is 0 Å². The fourth-order valence-electron chi connectivity index (χ4n) is 3.03. The molecular formula is C16H19N3O4S. The van der Waals surface area contributed by atoms with Crippen LogP contribution in [0.3, 0.4) is 0 Å². The molecule has 1 atom stereocenters. The summed E-state index contributed by atoms with van der Waals surface area (Å²) in [6.45, 7) is 5.26. The molecule has 3 rings (SSSR count). The average Bonchev–Trinajstić information content (AvgIpc) is 3.07. The first kappa shape index (κ1) is 16.5. The van der Waals surface area contributed by atoms with E-state index < -0.39 is 16.0 Å². The molecule has 1 aromatic heterocycles. The van der Waals surface area contributed by atoms with Crippen LogP contribution in [0.15, 0.2) is 29.3 Å². The number of anilines is 1. The number of esters is 1. The fourth-order valence-corrected chi connectivity index (χ4v) is 4.86. The summed E-state index contributed by atoms with van der Waals surface area (Å²) in [4.78, 5) is 12.2. The summed E-state index contributed by atoms with van der Waals surface area (Å²) in [6, 6.07) is 7.09. The second-order valence-electron chi connectivity index (χ2n) is 5.73. The van der Waals surface area contributed by atoms with E-state index in [-0.39, 0.29) is 23.2 Å². The minimum Gasteiger partial charge on any atom is -0.462 e. The van der Waals surface area contributed by atoms with Crippen molar-refractivity contribution < 1.29 is 17.9 Å². The van der Waals surface area contributed by atoms with Gasteiger partial charge in [0.2, 0.25) is 5.03 Å². The van der Waals surface area contributed by atoms with Gasteiger partial charge in [-0.1, -0.05) is 18.2 Å². The van der Waals surface area contributed by atoms with Crippen LogP contribution in [0.25, 0.3) is 0 Å². The van der Waals surface area contributed by atoms with Gasteiger partial charge in [-0.25, -0.2) is 4.79 Å². The number of aromatic nitrogens is 2. The third-order valence-corrected chi connectivity index (χ3v) is 5.90. The zero-order chi connectivity index (χ0) is 17.5. The maximum absolute atomic E-state index is 13.2. The van der Waals surface area contributed by atoms with Crippen LogP contribution in [-0.4, -0.2) is 37.2 Å². The lowest BCUT2D eigenvalue weighted by Crippen LogP contribution is -2.36. The molecule has 8 heteroatoms. The highest BCUT2D eigenvalue weighted by atomic mass is 32.2. The normalized spacial score (nSPS) is 17.0. The second kappa shape index (κ2) is 5.94. The Balaban J connectivity index is 2.12. The van der Waals surface area contributed by atoms with Crippen LogP contribution in [-0.2, 0) is 21.2 Å². The molecule has 0 amide bonds. The monoisotopic (exact) mass is 349 g/mol. The molecule has 0 saturated heterocycles. The number of aromatic amines is 1. The van der Waals surface area contributed by atoms with E-state index in [9.17, 15) is 13.2 Å². The van der Waals surface area contributed by atoms with Gasteiger partial charge in [0.15, 0.2) is 0 Å². The number of hydrogen-bond donors (Lipinski definition) is 1. The quantitative estimate of drug-likeness (QED) is 0.853. The number of aryl methyl sites for hydroxylation is 1. The van der Waals surface area contributed by atoms with Crippen LogP contribution in [0.2, 0.25) is 0 Å². The number of para-hydroxylation sites is 1. The fraction of sp³-hybridized carbons (Fsp3) is 0.375. The van der Waals surface area contributed by atoms with Gasteiger partial charge in [0.05, 0.1) is 12.3 Å². The van der Waals surface area contributed by atoms with Crippen molar-refractivity contribution in [1.82, 2.24) is 10.2 Å². The largest absolute Gasteiger partial charge is 0.462 e. The lowest BCUT2D eigenvalue weighted by molar-refractivity contribution is 0.0521. The maximum atomic E-state index is 13.2. The Kier molecular flexibility index (Phi) is 4.08. The van der Waals surface area contributed by atoms with Gasteiger partial charge in [-0.15, -0.1) is 0 Å². The first-order chi connectivity index (χ1) is 11.4. The zero-order valence-corrected chi connectivity index (χ0v) is 14.6. The number of carbonyl (C=O) groups is 1. The van der Waals surface area contributed by atoms with E-state index in [1.165, 1.54) is 4.31 Å². The first-order valence-corrected chi connectivity index (χ1v) is 9.16. The molecule has 0 fully saturated rings. The van der Waals surface area contributed by atoms with Gasteiger partial charge < -0.3 is 4.74 Å². The van der Waals surface area contributed by atoms with Crippen LogP contribution < -0.4 is 4.31 Å². The Morgan fingerprint density at radius 1 is 1.42 bits per heavy atom. The minimum absolute atomic E-state index is 0.0339. The van der Waals surface area contributed by atoms with Crippen LogP contribution in [0.4, 0.5) is 5.69 Å². The van der Waals surface area contributed by atoms with Crippen LogP contribution in [0.1, 0.15) is 35.5 Å². The standard InChI is InChI=1S/C16H19N3O4S/c1-4-23-16(20)14-11(3)17-18-15(14)24(21,22)19-10(2)9-12-7-5-6-8-13(12)19/h5-8,10H,4,9H2,1-3H3,(H,17,18). The number of H-pyrrole nitrogens is 1. The molecule has 7 nitrogen and oxygen atoms in total. The van der Waals surface area contributed by atoms with Gasteiger partial charge in [0.1, 0.15) is 5.56 Å². The van der Waals surface area contributed by atoms with Crippen LogP contribution >= 0.6 is 0 Å². The van der Waals surface area contributed by atoms with Crippen molar-refractivity contribution in [3.05, 3.63) is 41.1 Å². The number of nitrogens with one attached hydrogen (secondary N) is 1. The molecule has 0 bridgehead atoms. The summed E-state index contributed by atoms with van der Waals surface area (Å²) < 4.78 is 32.7. The van der Waals surface area contributed by atoms with Crippen molar-refractivity contribution in [2.75, 3.05) is 10.9 Å². The average molecular weight is 349 g/mol. The lowest BCUT2D eigenvalue weighted by Gasteiger charge is -2.23. The van der Waals surface area contributed by atoms with Gasteiger partial charge >= 0.3 is 5.97 Å². The molecule has 1 N–H and O–H groups in total. The third kappa shape index (κ3) is 2.47. The number of carbonyl (C=O) groups excluding carboxylic acids is 1. The molecule has 0 spiro atoms. The lowest BCUT2D eigenvalue weighted by atomic mass is 10.1. The van der Waals surface area contributed by atoms with E-state index in [4.69, 9.17) is 4.74 Å². The maximum Gasteiger partial charge on any atom is 0.343 e. The van der Waals surface area contributed by atoms with Gasteiger partial charge in [-0.05, 0) is 38.8 Å².